The minimum atomic E-state index is 0.0171. The molecule has 0 aliphatic rings. The van der Waals surface area contributed by atoms with Crippen LogP contribution in [-0.4, -0.2) is 15.6 Å². The van der Waals surface area contributed by atoms with E-state index in [2.05, 4.69) is 37.0 Å². The van der Waals surface area contributed by atoms with E-state index in [0.717, 1.165) is 20.3 Å². The van der Waals surface area contributed by atoms with Crippen molar-refractivity contribution in [3.05, 3.63) is 49.1 Å². The molecule has 106 valence electrons. The lowest BCUT2D eigenvalue weighted by Gasteiger charge is -2.06. The number of carbonyl (C=O) groups is 1. The first-order valence-electron chi connectivity index (χ1n) is 6.13. The van der Waals surface area contributed by atoms with Crippen molar-refractivity contribution in [2.75, 3.05) is 0 Å². The predicted octanol–water partition coefficient (Wildman–Crippen LogP) is 4.82. The Kier molecular flexibility index (Phi) is 5.04. The van der Waals surface area contributed by atoms with Crippen LogP contribution in [0.4, 0.5) is 0 Å². The van der Waals surface area contributed by atoms with E-state index in [9.17, 15) is 4.79 Å². The molecule has 0 amide bonds. The van der Waals surface area contributed by atoms with Gasteiger partial charge in [0.25, 0.3) is 0 Å². The van der Waals surface area contributed by atoms with Gasteiger partial charge in [0.1, 0.15) is 0 Å². The number of rotatable bonds is 4. The van der Waals surface area contributed by atoms with Gasteiger partial charge in [-0.05, 0) is 32.0 Å². The highest BCUT2D eigenvalue weighted by Gasteiger charge is 2.17. The van der Waals surface area contributed by atoms with Gasteiger partial charge in [-0.25, -0.2) is 0 Å². The quantitative estimate of drug-likeness (QED) is 0.665. The van der Waals surface area contributed by atoms with E-state index in [-0.39, 0.29) is 12.2 Å². The Morgan fingerprint density at radius 2 is 1.90 bits per heavy atom. The Morgan fingerprint density at radius 3 is 2.45 bits per heavy atom. The molecule has 0 fully saturated rings. The molecule has 1 aromatic carbocycles. The standard InChI is InChI=1S/C14H13Br2ClN2O/c1-3-19-12(14(17)8(2)18-19)7-13(20)9-4-10(15)6-11(16)5-9/h4-6H,3,7H2,1-2H3. The molecule has 1 aromatic heterocycles. The van der Waals surface area contributed by atoms with E-state index >= 15 is 0 Å². The van der Waals surface area contributed by atoms with Gasteiger partial charge >= 0.3 is 0 Å². The number of hydrogen-bond donors (Lipinski definition) is 0. The summed E-state index contributed by atoms with van der Waals surface area (Å²) in [6, 6.07) is 5.51. The number of aromatic nitrogens is 2. The summed E-state index contributed by atoms with van der Waals surface area (Å²) in [5.74, 6) is 0.0171. The zero-order valence-electron chi connectivity index (χ0n) is 11.1. The van der Waals surface area contributed by atoms with Crippen LogP contribution in [0.15, 0.2) is 27.1 Å². The normalized spacial score (nSPS) is 10.8. The van der Waals surface area contributed by atoms with E-state index in [0.29, 0.717) is 17.1 Å². The van der Waals surface area contributed by atoms with Gasteiger partial charge in [0.05, 0.1) is 22.8 Å². The molecule has 2 aromatic rings. The smallest absolute Gasteiger partial charge is 0.168 e. The van der Waals surface area contributed by atoms with E-state index in [1.807, 2.05) is 19.9 Å². The molecule has 0 saturated heterocycles. The second kappa shape index (κ2) is 6.41. The summed E-state index contributed by atoms with van der Waals surface area (Å²) in [6.45, 7) is 4.52. The average Bonchev–Trinajstić information content (AvgIpc) is 2.65. The van der Waals surface area contributed by atoms with Gasteiger partial charge in [0, 0.05) is 21.1 Å². The molecule has 2 rings (SSSR count). The maximum atomic E-state index is 12.4. The van der Waals surface area contributed by atoms with Crippen LogP contribution in [0.1, 0.15) is 28.7 Å². The van der Waals surface area contributed by atoms with Crippen molar-refractivity contribution in [3.63, 3.8) is 0 Å². The van der Waals surface area contributed by atoms with Crippen LogP contribution in [0.2, 0.25) is 5.02 Å². The minimum Gasteiger partial charge on any atom is -0.294 e. The second-order valence-electron chi connectivity index (χ2n) is 4.42. The molecule has 0 N–H and O–H groups in total. The number of benzene rings is 1. The molecule has 6 heteroatoms. The topological polar surface area (TPSA) is 34.9 Å². The molecule has 20 heavy (non-hydrogen) atoms. The fourth-order valence-corrected chi connectivity index (χ4v) is 3.50. The van der Waals surface area contributed by atoms with E-state index < -0.39 is 0 Å². The Hall–Kier alpha value is -0.650. The number of hydrogen-bond acceptors (Lipinski definition) is 2. The molecular weight excluding hydrogens is 407 g/mol. The molecule has 0 atom stereocenters. The number of aryl methyl sites for hydroxylation is 2. The summed E-state index contributed by atoms with van der Waals surface area (Å²) < 4.78 is 3.51. The van der Waals surface area contributed by atoms with Crippen molar-refractivity contribution in [1.82, 2.24) is 9.78 Å². The van der Waals surface area contributed by atoms with Crippen LogP contribution in [0.25, 0.3) is 0 Å². The van der Waals surface area contributed by atoms with Crippen LogP contribution in [0.3, 0.4) is 0 Å². The first kappa shape index (κ1) is 15.7. The van der Waals surface area contributed by atoms with Gasteiger partial charge in [-0.2, -0.15) is 5.10 Å². The Balaban J connectivity index is 2.32. The molecule has 0 unspecified atom stereocenters. The van der Waals surface area contributed by atoms with Crippen molar-refractivity contribution in [2.24, 2.45) is 0 Å². The monoisotopic (exact) mass is 418 g/mol. The van der Waals surface area contributed by atoms with Crippen molar-refractivity contribution >= 4 is 49.2 Å². The number of nitrogens with zero attached hydrogens (tertiary/aromatic N) is 2. The summed E-state index contributed by atoms with van der Waals surface area (Å²) in [5, 5.41) is 4.90. The van der Waals surface area contributed by atoms with Crippen molar-refractivity contribution in [2.45, 2.75) is 26.8 Å². The highest BCUT2D eigenvalue weighted by molar-refractivity contribution is 9.11. The molecular formula is C14H13Br2ClN2O. The third kappa shape index (κ3) is 3.32. The molecule has 0 spiro atoms. The van der Waals surface area contributed by atoms with Gasteiger partial charge < -0.3 is 0 Å². The molecule has 1 heterocycles. The highest BCUT2D eigenvalue weighted by atomic mass is 79.9. The highest BCUT2D eigenvalue weighted by Crippen LogP contribution is 2.24. The summed E-state index contributed by atoms with van der Waals surface area (Å²) in [4.78, 5) is 12.4. The lowest BCUT2D eigenvalue weighted by atomic mass is 10.1. The van der Waals surface area contributed by atoms with Crippen LogP contribution in [0, 0.1) is 6.92 Å². The van der Waals surface area contributed by atoms with Crippen LogP contribution < -0.4 is 0 Å². The number of halogens is 3. The fraction of sp³-hybridized carbons (Fsp3) is 0.286. The summed E-state index contributed by atoms with van der Waals surface area (Å²) in [5.41, 5.74) is 2.17. The van der Waals surface area contributed by atoms with Gasteiger partial charge in [0.2, 0.25) is 0 Å². The molecule has 0 aliphatic carbocycles. The molecule has 0 radical (unpaired) electrons. The van der Waals surface area contributed by atoms with E-state index in [4.69, 9.17) is 11.6 Å². The van der Waals surface area contributed by atoms with Crippen LogP contribution >= 0.6 is 43.5 Å². The third-order valence-corrected chi connectivity index (χ3v) is 4.37. The van der Waals surface area contributed by atoms with Gasteiger partial charge in [-0.3, -0.25) is 9.48 Å². The van der Waals surface area contributed by atoms with Gasteiger partial charge in [-0.15, -0.1) is 0 Å². The van der Waals surface area contributed by atoms with E-state index in [1.165, 1.54) is 0 Å². The lowest BCUT2D eigenvalue weighted by molar-refractivity contribution is 0.0990. The lowest BCUT2D eigenvalue weighted by Crippen LogP contribution is -2.10. The van der Waals surface area contributed by atoms with E-state index in [1.54, 1.807) is 16.8 Å². The average molecular weight is 421 g/mol. The van der Waals surface area contributed by atoms with Crippen LogP contribution in [0.5, 0.6) is 0 Å². The first-order chi connectivity index (χ1) is 9.42. The molecule has 0 bridgehead atoms. The zero-order valence-corrected chi connectivity index (χ0v) is 15.0. The SMILES string of the molecule is CCn1nc(C)c(Cl)c1CC(=O)c1cc(Br)cc(Br)c1. The molecule has 3 nitrogen and oxygen atoms in total. The Morgan fingerprint density at radius 1 is 1.30 bits per heavy atom. The first-order valence-corrected chi connectivity index (χ1v) is 8.09. The number of carbonyl (C=O) groups excluding carboxylic acids is 1. The summed E-state index contributed by atoms with van der Waals surface area (Å²) in [6.07, 6.45) is 0.246. The van der Waals surface area contributed by atoms with Gasteiger partial charge in [0.15, 0.2) is 5.78 Å². The predicted molar refractivity (Wildman–Crippen MR) is 87.5 cm³/mol. The zero-order chi connectivity index (χ0) is 14.9. The van der Waals surface area contributed by atoms with Crippen molar-refractivity contribution in [1.29, 1.82) is 0 Å². The number of Topliss-reactive ketones (excluding diaryl/α,β-unsaturated/α-hetero) is 1. The minimum absolute atomic E-state index is 0.0171. The van der Waals surface area contributed by atoms with Gasteiger partial charge in [-0.1, -0.05) is 43.5 Å². The maximum Gasteiger partial charge on any atom is 0.168 e. The number of ketones is 1. The fourth-order valence-electron chi connectivity index (χ4n) is 2.01. The molecule has 0 saturated carbocycles. The summed E-state index contributed by atoms with van der Waals surface area (Å²) in [7, 11) is 0. The van der Waals surface area contributed by atoms with Crippen molar-refractivity contribution in [3.8, 4) is 0 Å². The third-order valence-electron chi connectivity index (χ3n) is 2.97. The Labute approximate surface area is 139 Å². The summed E-state index contributed by atoms with van der Waals surface area (Å²) >= 11 is 13.0. The largest absolute Gasteiger partial charge is 0.294 e. The maximum absolute atomic E-state index is 12.4. The Bertz CT molecular complexity index is 647. The van der Waals surface area contributed by atoms with Crippen LogP contribution in [-0.2, 0) is 13.0 Å². The molecule has 0 aliphatic heterocycles. The van der Waals surface area contributed by atoms with Crippen molar-refractivity contribution < 1.29 is 4.79 Å². The second-order valence-corrected chi connectivity index (χ2v) is 6.63.